The predicted octanol–water partition coefficient (Wildman–Crippen LogP) is 5.65. The van der Waals surface area contributed by atoms with Gasteiger partial charge in [0.15, 0.2) is 17.2 Å². The number of unbranched alkanes of at least 4 members (excludes halogenated alkanes) is 1. The molecule has 7 heteroatoms. The van der Waals surface area contributed by atoms with Crippen molar-refractivity contribution in [1.82, 2.24) is 9.38 Å². The number of aromatic nitrogens is 2. The van der Waals surface area contributed by atoms with E-state index in [-0.39, 0.29) is 30.3 Å². The fourth-order valence-corrected chi connectivity index (χ4v) is 3.90. The second-order valence-corrected chi connectivity index (χ2v) is 8.72. The van der Waals surface area contributed by atoms with Crippen LogP contribution in [-0.4, -0.2) is 25.9 Å². The van der Waals surface area contributed by atoms with E-state index in [0.717, 1.165) is 19.3 Å². The van der Waals surface area contributed by atoms with Crippen LogP contribution in [0.4, 0.5) is 8.78 Å². The Morgan fingerprint density at radius 3 is 2.53 bits per heavy atom. The van der Waals surface area contributed by atoms with Crippen molar-refractivity contribution in [3.8, 4) is 5.75 Å². The molecule has 3 aromatic rings. The first kappa shape index (κ1) is 23.9. The van der Waals surface area contributed by atoms with Crippen LogP contribution in [0.3, 0.4) is 0 Å². The Morgan fingerprint density at radius 1 is 1.22 bits per heavy atom. The Morgan fingerprint density at radius 2 is 1.91 bits per heavy atom. The van der Waals surface area contributed by atoms with E-state index >= 15 is 0 Å². The van der Waals surface area contributed by atoms with E-state index in [9.17, 15) is 18.7 Å². The van der Waals surface area contributed by atoms with Crippen LogP contribution in [0.5, 0.6) is 5.75 Å². The summed E-state index contributed by atoms with van der Waals surface area (Å²) in [6.45, 7) is 6.98. The Hall–Kier alpha value is -2.80. The van der Waals surface area contributed by atoms with Gasteiger partial charge >= 0.3 is 0 Å². The molecule has 0 aliphatic rings. The highest BCUT2D eigenvalue weighted by Crippen LogP contribution is 2.30. The van der Waals surface area contributed by atoms with Crippen molar-refractivity contribution in [3.05, 3.63) is 65.1 Å². The minimum atomic E-state index is -0.975. The number of fused-ring (bicyclic) bond motifs is 1. The van der Waals surface area contributed by atoms with Crippen LogP contribution >= 0.6 is 0 Å². The molecule has 0 aliphatic carbocycles. The number of ketones is 1. The number of carbonyl (C=O) groups is 1. The van der Waals surface area contributed by atoms with Gasteiger partial charge in [-0.1, -0.05) is 25.8 Å². The quantitative estimate of drug-likeness (QED) is 0.411. The fraction of sp³-hybridized carbons (Fsp3) is 0.440. The molecule has 0 bridgehead atoms. The van der Waals surface area contributed by atoms with Crippen molar-refractivity contribution in [2.45, 2.75) is 65.6 Å². The zero-order valence-corrected chi connectivity index (χ0v) is 19.0. The molecule has 1 aromatic carbocycles. The van der Waals surface area contributed by atoms with Gasteiger partial charge in [-0.05, 0) is 57.4 Å². The van der Waals surface area contributed by atoms with Gasteiger partial charge < -0.3 is 9.84 Å². The summed E-state index contributed by atoms with van der Waals surface area (Å²) in [5.74, 6) is -1.34. The molecule has 3 rings (SSSR count). The standard InChI is InChI=1S/C25H30F2N2O3/c1-5-6-9-17(25(3,4)31)14-21(30)23-16(2)28-24-22(12-8-13-29(23)24)32-15-18-19(26)10-7-11-20(18)27/h7-8,10-13,17,31H,5-6,9,14-15H2,1-4H3/t17-/m0/s1. The van der Waals surface area contributed by atoms with Crippen molar-refractivity contribution in [1.29, 1.82) is 0 Å². The highest BCUT2D eigenvalue weighted by molar-refractivity contribution is 5.97. The summed E-state index contributed by atoms with van der Waals surface area (Å²) in [5.41, 5.74) is 0.218. The summed E-state index contributed by atoms with van der Waals surface area (Å²) in [6, 6.07) is 7.00. The zero-order chi connectivity index (χ0) is 23.5. The molecule has 0 fully saturated rings. The van der Waals surface area contributed by atoms with Gasteiger partial charge in [-0.25, -0.2) is 13.8 Å². The van der Waals surface area contributed by atoms with Crippen LogP contribution in [0.25, 0.3) is 5.65 Å². The Labute approximate surface area is 187 Å². The van der Waals surface area contributed by atoms with Crippen LogP contribution < -0.4 is 4.74 Å². The molecule has 32 heavy (non-hydrogen) atoms. The SMILES string of the molecule is CCCC[C@@H](CC(=O)c1c(C)nc2c(OCc3c(F)cccc3F)cccn12)C(C)(C)O. The number of Topliss-reactive ketones (excluding diaryl/α,β-unsaturated/α-hetero) is 1. The molecule has 2 aromatic heterocycles. The van der Waals surface area contributed by atoms with Crippen molar-refractivity contribution < 1.29 is 23.4 Å². The molecule has 0 radical (unpaired) electrons. The van der Waals surface area contributed by atoms with Gasteiger partial charge in [0.05, 0.1) is 16.9 Å². The largest absolute Gasteiger partial charge is 0.485 e. The summed E-state index contributed by atoms with van der Waals surface area (Å²) in [4.78, 5) is 17.7. The second-order valence-electron chi connectivity index (χ2n) is 8.72. The number of aliphatic hydroxyl groups is 1. The summed E-state index contributed by atoms with van der Waals surface area (Å²) in [7, 11) is 0. The third kappa shape index (κ3) is 5.15. The predicted molar refractivity (Wildman–Crippen MR) is 119 cm³/mol. The van der Waals surface area contributed by atoms with Gasteiger partial charge in [-0.15, -0.1) is 0 Å². The van der Waals surface area contributed by atoms with E-state index in [1.165, 1.54) is 18.2 Å². The minimum absolute atomic E-state index is 0.115. The van der Waals surface area contributed by atoms with Crippen LogP contribution in [-0.2, 0) is 6.61 Å². The van der Waals surface area contributed by atoms with Gasteiger partial charge in [-0.2, -0.15) is 0 Å². The number of nitrogens with zero attached hydrogens (tertiary/aromatic N) is 2. The smallest absolute Gasteiger partial charge is 0.181 e. The van der Waals surface area contributed by atoms with Gasteiger partial charge in [0.1, 0.15) is 23.9 Å². The number of carbonyl (C=O) groups excluding carboxylic acids is 1. The number of aryl methyl sites for hydroxylation is 1. The topological polar surface area (TPSA) is 63.8 Å². The Balaban J connectivity index is 1.88. The zero-order valence-electron chi connectivity index (χ0n) is 19.0. The first-order chi connectivity index (χ1) is 15.1. The monoisotopic (exact) mass is 444 g/mol. The lowest BCUT2D eigenvalue weighted by atomic mass is 9.82. The lowest BCUT2D eigenvalue weighted by Crippen LogP contribution is -2.33. The molecule has 5 nitrogen and oxygen atoms in total. The molecule has 172 valence electrons. The molecular formula is C25H30F2N2O3. The van der Waals surface area contributed by atoms with E-state index < -0.39 is 17.2 Å². The lowest BCUT2D eigenvalue weighted by Gasteiger charge is -2.29. The van der Waals surface area contributed by atoms with Crippen molar-refractivity contribution in [2.24, 2.45) is 5.92 Å². The molecule has 0 unspecified atom stereocenters. The maximum absolute atomic E-state index is 13.9. The highest BCUT2D eigenvalue weighted by Gasteiger charge is 2.30. The molecule has 0 aliphatic heterocycles. The maximum atomic E-state index is 13.9. The van der Waals surface area contributed by atoms with Gasteiger partial charge in [-0.3, -0.25) is 9.20 Å². The Kier molecular flexibility index (Phi) is 7.29. The number of rotatable bonds is 10. The number of halogens is 2. The average molecular weight is 445 g/mol. The number of benzene rings is 1. The molecular weight excluding hydrogens is 414 g/mol. The third-order valence-corrected chi connectivity index (χ3v) is 5.82. The van der Waals surface area contributed by atoms with E-state index in [2.05, 4.69) is 11.9 Å². The van der Waals surface area contributed by atoms with E-state index in [4.69, 9.17) is 4.74 Å². The van der Waals surface area contributed by atoms with E-state index in [1.807, 2.05) is 0 Å². The van der Waals surface area contributed by atoms with Gasteiger partial charge in [0.25, 0.3) is 0 Å². The number of ether oxygens (including phenoxy) is 1. The molecule has 0 amide bonds. The average Bonchev–Trinajstić information content (AvgIpc) is 3.06. The van der Waals surface area contributed by atoms with E-state index in [0.29, 0.717) is 22.8 Å². The molecule has 0 spiro atoms. The van der Waals surface area contributed by atoms with Crippen LogP contribution in [0.1, 0.15) is 68.2 Å². The number of pyridine rings is 1. The molecule has 0 saturated heterocycles. The molecule has 2 heterocycles. The molecule has 1 N–H and O–H groups in total. The molecule has 0 saturated carbocycles. The van der Waals surface area contributed by atoms with Crippen molar-refractivity contribution >= 4 is 11.4 Å². The second kappa shape index (κ2) is 9.77. The minimum Gasteiger partial charge on any atom is -0.485 e. The number of hydrogen-bond acceptors (Lipinski definition) is 4. The third-order valence-electron chi connectivity index (χ3n) is 5.82. The summed E-state index contributed by atoms with van der Waals surface area (Å²) in [5, 5.41) is 10.5. The summed E-state index contributed by atoms with van der Waals surface area (Å²) >= 11 is 0. The molecule has 1 atom stereocenters. The van der Waals surface area contributed by atoms with Crippen molar-refractivity contribution in [3.63, 3.8) is 0 Å². The maximum Gasteiger partial charge on any atom is 0.181 e. The van der Waals surface area contributed by atoms with Gasteiger partial charge in [0.2, 0.25) is 0 Å². The lowest BCUT2D eigenvalue weighted by molar-refractivity contribution is 0.00924. The normalized spacial score (nSPS) is 12.8. The fourth-order valence-electron chi connectivity index (χ4n) is 3.90. The van der Waals surface area contributed by atoms with Crippen LogP contribution in [0.15, 0.2) is 36.5 Å². The first-order valence-electron chi connectivity index (χ1n) is 10.9. The van der Waals surface area contributed by atoms with Crippen LogP contribution in [0, 0.1) is 24.5 Å². The Bertz CT molecular complexity index is 1080. The van der Waals surface area contributed by atoms with E-state index in [1.54, 1.807) is 43.5 Å². The first-order valence-corrected chi connectivity index (χ1v) is 10.9. The van der Waals surface area contributed by atoms with Crippen LogP contribution in [0.2, 0.25) is 0 Å². The number of hydrogen-bond donors (Lipinski definition) is 1. The highest BCUT2D eigenvalue weighted by atomic mass is 19.1. The summed E-state index contributed by atoms with van der Waals surface area (Å²) in [6.07, 6.45) is 4.58. The number of imidazole rings is 1. The summed E-state index contributed by atoms with van der Waals surface area (Å²) < 4.78 is 35.2. The van der Waals surface area contributed by atoms with Gasteiger partial charge in [0, 0.05) is 12.6 Å². The van der Waals surface area contributed by atoms with Crippen molar-refractivity contribution in [2.75, 3.05) is 0 Å².